The summed E-state index contributed by atoms with van der Waals surface area (Å²) in [5.41, 5.74) is 1.75. The number of carbonyl (C=O) groups excluding carboxylic acids is 2. The summed E-state index contributed by atoms with van der Waals surface area (Å²) in [5, 5.41) is 9.82. The van der Waals surface area contributed by atoms with Crippen molar-refractivity contribution in [1.82, 2.24) is 0 Å². The quantitative estimate of drug-likeness (QED) is 0.599. The molecule has 0 N–H and O–H groups in total. The van der Waals surface area contributed by atoms with Crippen LogP contribution in [0, 0.1) is 18.3 Å². The molecule has 2 aromatic carbocycles. The third-order valence-electron chi connectivity index (χ3n) is 4.05. The molecule has 0 aliphatic heterocycles. The Morgan fingerprint density at radius 2 is 1.89 bits per heavy atom. The van der Waals surface area contributed by atoms with E-state index in [1.807, 2.05) is 61.5 Å². The van der Waals surface area contributed by atoms with E-state index in [0.717, 1.165) is 15.6 Å². The van der Waals surface area contributed by atoms with Gasteiger partial charge in [0.1, 0.15) is 4.88 Å². The number of fused-ring (bicyclic) bond motifs is 1. The molecule has 1 heterocycles. The van der Waals surface area contributed by atoms with E-state index in [0.29, 0.717) is 10.6 Å². The number of nitrogens with zero attached hydrogens (tertiary/aromatic N) is 2. The standard InChI is InChI=1S/C21H18N2O3S/c1-15-7-9-17(10-8-15)23(12-4-11-22)20(24)14-26-21(25)19-13-16-5-2-3-6-18(16)27-19/h2-3,5-10,13H,4,12,14H2,1H3. The number of thiophene rings is 1. The van der Waals surface area contributed by atoms with Crippen molar-refractivity contribution in [3.05, 3.63) is 65.0 Å². The SMILES string of the molecule is Cc1ccc(N(CCC#N)C(=O)COC(=O)c2cc3ccccc3s2)cc1. The third kappa shape index (κ3) is 4.52. The molecular formula is C21H18N2O3S. The fourth-order valence-electron chi connectivity index (χ4n) is 2.64. The van der Waals surface area contributed by atoms with Gasteiger partial charge in [-0.1, -0.05) is 35.9 Å². The average molecular weight is 378 g/mol. The molecule has 1 aromatic heterocycles. The number of hydrogen-bond donors (Lipinski definition) is 0. The lowest BCUT2D eigenvalue weighted by molar-refractivity contribution is -0.121. The van der Waals surface area contributed by atoms with Crippen LogP contribution < -0.4 is 4.90 Å². The van der Waals surface area contributed by atoms with E-state index in [1.165, 1.54) is 16.2 Å². The van der Waals surface area contributed by atoms with E-state index in [4.69, 9.17) is 10.00 Å². The predicted octanol–water partition coefficient (Wildman–Crippen LogP) is 4.31. The minimum absolute atomic E-state index is 0.198. The molecule has 3 aromatic rings. The van der Waals surface area contributed by atoms with Gasteiger partial charge < -0.3 is 9.64 Å². The highest BCUT2D eigenvalue weighted by Crippen LogP contribution is 2.25. The number of amides is 1. The van der Waals surface area contributed by atoms with Crippen LogP contribution in [0.25, 0.3) is 10.1 Å². The zero-order valence-corrected chi connectivity index (χ0v) is 15.7. The Hall–Kier alpha value is -3.17. The molecule has 1 amide bonds. The minimum Gasteiger partial charge on any atom is -0.451 e. The maximum Gasteiger partial charge on any atom is 0.348 e. The Labute approximate surface area is 161 Å². The lowest BCUT2D eigenvalue weighted by Crippen LogP contribution is -2.35. The molecular weight excluding hydrogens is 360 g/mol. The number of ether oxygens (including phenoxy) is 1. The molecule has 0 bridgehead atoms. The molecule has 136 valence electrons. The Bertz CT molecular complexity index is 969. The first kappa shape index (κ1) is 18.6. The number of carbonyl (C=O) groups is 2. The zero-order chi connectivity index (χ0) is 19.2. The van der Waals surface area contributed by atoms with Crippen LogP contribution >= 0.6 is 11.3 Å². The van der Waals surface area contributed by atoms with Gasteiger partial charge in [-0.3, -0.25) is 4.79 Å². The van der Waals surface area contributed by atoms with Crippen molar-refractivity contribution in [2.75, 3.05) is 18.1 Å². The second-order valence-corrected chi connectivity index (χ2v) is 7.10. The molecule has 0 aliphatic rings. The van der Waals surface area contributed by atoms with Crippen molar-refractivity contribution in [1.29, 1.82) is 5.26 Å². The van der Waals surface area contributed by atoms with E-state index < -0.39 is 5.97 Å². The van der Waals surface area contributed by atoms with Gasteiger partial charge in [0.05, 0.1) is 12.5 Å². The smallest absolute Gasteiger partial charge is 0.348 e. The fraction of sp³-hybridized carbons (Fsp3) is 0.190. The number of aryl methyl sites for hydroxylation is 1. The van der Waals surface area contributed by atoms with Crippen LogP contribution in [0.5, 0.6) is 0 Å². The van der Waals surface area contributed by atoms with Crippen LogP contribution in [0.2, 0.25) is 0 Å². The van der Waals surface area contributed by atoms with Crippen LogP contribution in [-0.2, 0) is 9.53 Å². The number of nitriles is 1. The van der Waals surface area contributed by atoms with Gasteiger partial charge in [0.15, 0.2) is 6.61 Å². The van der Waals surface area contributed by atoms with E-state index in [-0.39, 0.29) is 25.5 Å². The van der Waals surface area contributed by atoms with Gasteiger partial charge in [0, 0.05) is 16.9 Å². The molecule has 0 aliphatic carbocycles. The Morgan fingerprint density at radius 3 is 2.59 bits per heavy atom. The predicted molar refractivity (Wildman–Crippen MR) is 106 cm³/mol. The van der Waals surface area contributed by atoms with Gasteiger partial charge >= 0.3 is 5.97 Å². The van der Waals surface area contributed by atoms with E-state index >= 15 is 0 Å². The second-order valence-electron chi connectivity index (χ2n) is 6.01. The summed E-state index contributed by atoms with van der Waals surface area (Å²) in [6.45, 7) is 1.84. The number of rotatable bonds is 6. The summed E-state index contributed by atoms with van der Waals surface area (Å²) in [4.78, 5) is 26.8. The Morgan fingerprint density at radius 1 is 1.15 bits per heavy atom. The lowest BCUT2D eigenvalue weighted by Gasteiger charge is -2.21. The van der Waals surface area contributed by atoms with E-state index in [1.54, 1.807) is 6.07 Å². The second kappa shape index (κ2) is 8.47. The maximum absolute atomic E-state index is 12.6. The molecule has 27 heavy (non-hydrogen) atoms. The zero-order valence-electron chi connectivity index (χ0n) is 14.8. The summed E-state index contributed by atoms with van der Waals surface area (Å²) in [5.74, 6) is -0.878. The molecule has 0 saturated heterocycles. The largest absolute Gasteiger partial charge is 0.451 e. The molecule has 0 saturated carbocycles. The average Bonchev–Trinajstić information content (AvgIpc) is 3.12. The molecule has 3 rings (SSSR count). The number of benzene rings is 2. The topological polar surface area (TPSA) is 70.4 Å². The first-order valence-electron chi connectivity index (χ1n) is 8.48. The molecule has 0 radical (unpaired) electrons. The number of esters is 1. The van der Waals surface area contributed by atoms with Gasteiger partial charge in [-0.25, -0.2) is 4.79 Å². The molecule has 5 nitrogen and oxygen atoms in total. The monoisotopic (exact) mass is 378 g/mol. The van der Waals surface area contributed by atoms with Gasteiger partial charge in [-0.05, 0) is 36.6 Å². The van der Waals surface area contributed by atoms with Gasteiger partial charge in [-0.15, -0.1) is 11.3 Å². The maximum atomic E-state index is 12.6. The van der Waals surface area contributed by atoms with Crippen LogP contribution in [-0.4, -0.2) is 25.0 Å². The third-order valence-corrected chi connectivity index (χ3v) is 5.14. The molecule has 6 heteroatoms. The summed E-state index contributed by atoms with van der Waals surface area (Å²) in [6.07, 6.45) is 0.198. The summed E-state index contributed by atoms with van der Waals surface area (Å²) >= 11 is 1.33. The Balaban J connectivity index is 1.68. The van der Waals surface area contributed by atoms with Crippen molar-refractivity contribution in [3.8, 4) is 6.07 Å². The van der Waals surface area contributed by atoms with Crippen LogP contribution in [0.3, 0.4) is 0 Å². The summed E-state index contributed by atoms with van der Waals surface area (Å²) < 4.78 is 6.21. The van der Waals surface area contributed by atoms with Crippen molar-refractivity contribution >= 4 is 39.0 Å². The van der Waals surface area contributed by atoms with Crippen molar-refractivity contribution < 1.29 is 14.3 Å². The highest BCUT2D eigenvalue weighted by atomic mass is 32.1. The molecule has 0 spiro atoms. The minimum atomic E-state index is -0.520. The molecule has 0 fully saturated rings. The highest BCUT2D eigenvalue weighted by molar-refractivity contribution is 7.20. The van der Waals surface area contributed by atoms with Crippen LogP contribution in [0.4, 0.5) is 5.69 Å². The lowest BCUT2D eigenvalue weighted by atomic mass is 10.2. The van der Waals surface area contributed by atoms with E-state index in [9.17, 15) is 9.59 Å². The highest BCUT2D eigenvalue weighted by Gasteiger charge is 2.19. The van der Waals surface area contributed by atoms with Crippen molar-refractivity contribution in [2.45, 2.75) is 13.3 Å². The first-order valence-corrected chi connectivity index (χ1v) is 9.30. The van der Waals surface area contributed by atoms with Crippen molar-refractivity contribution in [2.24, 2.45) is 0 Å². The van der Waals surface area contributed by atoms with Crippen LogP contribution in [0.1, 0.15) is 21.7 Å². The summed E-state index contributed by atoms with van der Waals surface area (Å²) in [6, 6.07) is 18.9. The summed E-state index contributed by atoms with van der Waals surface area (Å²) in [7, 11) is 0. The number of anilines is 1. The first-order chi connectivity index (χ1) is 13.1. The van der Waals surface area contributed by atoms with Crippen molar-refractivity contribution in [3.63, 3.8) is 0 Å². The van der Waals surface area contributed by atoms with Gasteiger partial charge in [0.2, 0.25) is 0 Å². The van der Waals surface area contributed by atoms with E-state index in [2.05, 4.69) is 0 Å². The molecule has 0 atom stereocenters. The van der Waals surface area contributed by atoms with Crippen LogP contribution in [0.15, 0.2) is 54.6 Å². The Kier molecular flexibility index (Phi) is 5.84. The van der Waals surface area contributed by atoms with Gasteiger partial charge in [0.25, 0.3) is 5.91 Å². The fourth-order valence-corrected chi connectivity index (χ4v) is 3.60. The normalized spacial score (nSPS) is 10.4. The molecule has 0 unspecified atom stereocenters. The number of hydrogen-bond acceptors (Lipinski definition) is 5. The van der Waals surface area contributed by atoms with Gasteiger partial charge in [-0.2, -0.15) is 5.26 Å².